The number of carbonyl (C=O) groups is 2. The summed E-state index contributed by atoms with van der Waals surface area (Å²) in [5.41, 5.74) is 14.2. The highest BCUT2D eigenvalue weighted by molar-refractivity contribution is 8.18. The molecule has 1 aliphatic carbocycles. The van der Waals surface area contributed by atoms with Gasteiger partial charge in [0.05, 0.1) is 18.3 Å². The van der Waals surface area contributed by atoms with Crippen LogP contribution in [0.2, 0.25) is 0 Å². The molecule has 7 heteroatoms. The normalized spacial score (nSPS) is 15.6. The lowest BCUT2D eigenvalue weighted by atomic mass is 10.1. The van der Waals surface area contributed by atoms with Gasteiger partial charge in [0.2, 0.25) is 22.9 Å². The number of hydrogen-bond acceptors (Lipinski definition) is 6. The monoisotopic (exact) mass is 735 g/mol. The Morgan fingerprint density at radius 1 is 0.566 bits per heavy atom. The average molecular weight is 736 g/mol. The molecule has 0 saturated carbocycles. The molecule has 0 fully saturated rings. The fourth-order valence-corrected chi connectivity index (χ4v) is 9.48. The van der Waals surface area contributed by atoms with E-state index in [4.69, 9.17) is 4.74 Å². The number of allylic oxidation sites excluding steroid dienone is 3. The molecule has 0 unspecified atom stereocenters. The van der Waals surface area contributed by atoms with Gasteiger partial charge in [0.1, 0.15) is 10.8 Å². The van der Waals surface area contributed by atoms with E-state index >= 15 is 0 Å². The maximum atomic E-state index is 14.0. The van der Waals surface area contributed by atoms with Gasteiger partial charge in [-0.1, -0.05) is 58.7 Å². The van der Waals surface area contributed by atoms with E-state index in [1.165, 1.54) is 45.4 Å². The van der Waals surface area contributed by atoms with Crippen LogP contribution in [0.15, 0.2) is 113 Å². The number of anilines is 3. The SMILES string of the molecule is COC1=C(c2ccc(N(c3ccc(C)cc3C)c3ccc(C)cc3C)s2)C(=O)C(=O)/C1=C1/C=CC(=[N+](c2ccc(C)cc2C)c2ccc(C)cc2C)S1. The summed E-state index contributed by atoms with van der Waals surface area (Å²) in [5, 5.41) is 1.87. The molecule has 0 spiro atoms. The Bertz CT molecular complexity index is 2390. The quantitative estimate of drug-likeness (QED) is 0.0946. The first-order chi connectivity index (χ1) is 25.4. The van der Waals surface area contributed by atoms with Gasteiger partial charge in [0.25, 0.3) is 5.04 Å². The highest BCUT2D eigenvalue weighted by Gasteiger charge is 2.42. The Morgan fingerprint density at radius 3 is 1.55 bits per heavy atom. The summed E-state index contributed by atoms with van der Waals surface area (Å²) >= 11 is 2.97. The van der Waals surface area contributed by atoms with Crippen LogP contribution in [-0.4, -0.2) is 23.7 Å². The molecule has 5 nitrogen and oxygen atoms in total. The summed E-state index contributed by atoms with van der Waals surface area (Å²) in [6, 6.07) is 29.8. The average Bonchev–Trinajstić information content (AvgIpc) is 3.83. The number of ketones is 2. The van der Waals surface area contributed by atoms with E-state index in [9.17, 15) is 9.59 Å². The molecule has 1 aliphatic heterocycles. The molecule has 0 amide bonds. The van der Waals surface area contributed by atoms with Crippen LogP contribution in [0.25, 0.3) is 5.57 Å². The number of methoxy groups -OCH3 is 1. The van der Waals surface area contributed by atoms with Gasteiger partial charge in [-0.15, -0.1) is 15.9 Å². The lowest BCUT2D eigenvalue weighted by Gasteiger charge is -2.27. The second kappa shape index (κ2) is 14.3. The van der Waals surface area contributed by atoms with Gasteiger partial charge >= 0.3 is 0 Å². The second-order valence-corrected chi connectivity index (χ2v) is 16.2. The number of nitrogens with zero attached hydrogens (tertiary/aromatic N) is 2. The van der Waals surface area contributed by atoms with Crippen molar-refractivity contribution in [2.45, 2.75) is 55.4 Å². The maximum Gasteiger partial charge on any atom is 0.251 e. The van der Waals surface area contributed by atoms with Gasteiger partial charge < -0.3 is 9.64 Å². The first-order valence-corrected chi connectivity index (χ1v) is 19.3. The van der Waals surface area contributed by atoms with E-state index < -0.39 is 11.6 Å². The molecule has 0 saturated heterocycles. The van der Waals surface area contributed by atoms with Crippen LogP contribution in [0, 0.1) is 55.4 Å². The van der Waals surface area contributed by atoms with E-state index in [0.717, 1.165) is 55.0 Å². The van der Waals surface area contributed by atoms with Crippen LogP contribution in [0.5, 0.6) is 0 Å². The largest absolute Gasteiger partial charge is 0.495 e. The van der Waals surface area contributed by atoms with Gasteiger partial charge in [0.15, 0.2) is 0 Å². The van der Waals surface area contributed by atoms with Gasteiger partial charge in [-0.2, -0.15) is 0 Å². The molecule has 1 aromatic heterocycles. The van der Waals surface area contributed by atoms with Crippen LogP contribution in [0.4, 0.5) is 27.8 Å². The summed E-state index contributed by atoms with van der Waals surface area (Å²) in [4.78, 5) is 31.6. The van der Waals surface area contributed by atoms with Crippen molar-refractivity contribution in [1.29, 1.82) is 0 Å². The molecule has 0 atom stereocenters. The smallest absolute Gasteiger partial charge is 0.251 e. The molecule has 53 heavy (non-hydrogen) atoms. The summed E-state index contributed by atoms with van der Waals surface area (Å²) in [7, 11) is 1.54. The van der Waals surface area contributed by atoms with Gasteiger partial charge in [0, 0.05) is 50.5 Å². The predicted octanol–water partition coefficient (Wildman–Crippen LogP) is 11.7. The van der Waals surface area contributed by atoms with Crippen molar-refractivity contribution in [2.24, 2.45) is 0 Å². The van der Waals surface area contributed by atoms with Gasteiger partial charge in [-0.25, -0.2) is 0 Å². The molecular weight excluding hydrogens is 693 g/mol. The van der Waals surface area contributed by atoms with E-state index in [1.54, 1.807) is 7.11 Å². The van der Waals surface area contributed by atoms with Crippen LogP contribution >= 0.6 is 23.1 Å². The number of rotatable bonds is 7. The molecular formula is C46H43N2O3S2+. The van der Waals surface area contributed by atoms with E-state index in [1.807, 2.05) is 24.3 Å². The van der Waals surface area contributed by atoms with Crippen molar-refractivity contribution < 1.29 is 14.3 Å². The number of hydrogen-bond donors (Lipinski definition) is 0. The van der Waals surface area contributed by atoms with Crippen molar-refractivity contribution in [2.75, 3.05) is 12.0 Å². The highest BCUT2D eigenvalue weighted by Crippen LogP contribution is 2.47. The highest BCUT2D eigenvalue weighted by atomic mass is 32.2. The Morgan fingerprint density at radius 2 is 1.06 bits per heavy atom. The summed E-state index contributed by atoms with van der Waals surface area (Å²) in [5.74, 6) is -0.785. The van der Waals surface area contributed by atoms with Gasteiger partial charge in [-0.05, 0) is 121 Å². The third-order valence-corrected chi connectivity index (χ3v) is 12.0. The molecule has 0 radical (unpaired) electrons. The summed E-state index contributed by atoms with van der Waals surface area (Å²) < 4.78 is 8.23. The van der Waals surface area contributed by atoms with Crippen molar-refractivity contribution >= 4 is 73.0 Å². The van der Waals surface area contributed by atoms with E-state index in [0.29, 0.717) is 26.7 Å². The third kappa shape index (κ3) is 6.64. The first kappa shape index (κ1) is 36.1. The zero-order chi connectivity index (χ0) is 37.7. The number of thioether (sulfide) groups is 1. The van der Waals surface area contributed by atoms with Crippen LogP contribution in [-0.2, 0) is 14.3 Å². The lowest BCUT2D eigenvalue weighted by Crippen LogP contribution is -2.14. The molecule has 7 rings (SSSR count). The van der Waals surface area contributed by atoms with Crippen molar-refractivity contribution in [1.82, 2.24) is 4.58 Å². The van der Waals surface area contributed by atoms with Crippen molar-refractivity contribution in [3.8, 4) is 0 Å². The Hall–Kier alpha value is -5.24. The van der Waals surface area contributed by atoms with Crippen LogP contribution in [0.1, 0.15) is 49.4 Å². The third-order valence-electron chi connectivity index (χ3n) is 9.81. The fourth-order valence-electron chi connectivity index (χ4n) is 7.33. The first-order valence-electron chi connectivity index (χ1n) is 17.7. The lowest BCUT2D eigenvalue weighted by molar-refractivity contribution is -0.130. The number of thiophene rings is 1. The molecule has 2 aliphatic rings. The van der Waals surface area contributed by atoms with Crippen LogP contribution < -0.4 is 9.48 Å². The summed E-state index contributed by atoms with van der Waals surface area (Å²) in [6.07, 6.45) is 3.97. The summed E-state index contributed by atoms with van der Waals surface area (Å²) in [6.45, 7) is 16.9. The number of ether oxygens (including phenoxy) is 1. The predicted molar refractivity (Wildman–Crippen MR) is 224 cm³/mol. The number of aryl methyl sites for hydroxylation is 8. The fraction of sp³-hybridized carbons (Fsp3) is 0.196. The zero-order valence-electron chi connectivity index (χ0n) is 31.7. The minimum Gasteiger partial charge on any atom is -0.495 e. The van der Waals surface area contributed by atoms with Gasteiger partial charge in [-0.3, -0.25) is 9.59 Å². The second-order valence-electron chi connectivity index (χ2n) is 14.0. The van der Waals surface area contributed by atoms with Crippen molar-refractivity contribution in [3.63, 3.8) is 0 Å². The minimum absolute atomic E-state index is 0.306. The maximum absolute atomic E-state index is 14.0. The minimum atomic E-state index is -0.551. The van der Waals surface area contributed by atoms with E-state index in [2.05, 4.69) is 138 Å². The number of benzene rings is 4. The standard InChI is InChI=1S/C46H43N2O3S2/c1-26-10-14-34(30(5)22-26)47(35-15-11-27(2)23-31(35)6)40-20-18-38(52-40)42-44(49)45(50)43(46(42)51-9)39-19-21-41(53-39)48(36-16-12-28(3)24-32(36)7)37-17-13-29(4)25-33(37)8/h10-25H,1-9H3/q+1. The Labute approximate surface area is 320 Å². The zero-order valence-corrected chi connectivity index (χ0v) is 33.3. The van der Waals surface area contributed by atoms with Crippen molar-refractivity contribution in [3.05, 3.63) is 163 Å². The molecule has 5 aromatic rings. The number of Topliss-reactive ketones (excluding diaryl/α,β-unsaturated/α-hetero) is 2. The molecule has 0 bridgehead atoms. The molecule has 266 valence electrons. The van der Waals surface area contributed by atoms with Crippen LogP contribution in [0.3, 0.4) is 0 Å². The number of carbonyl (C=O) groups excluding carboxylic acids is 2. The topological polar surface area (TPSA) is 49.6 Å². The Balaban J connectivity index is 1.35. The molecule has 0 N–H and O–H groups in total. The molecule has 2 heterocycles. The molecule has 4 aromatic carbocycles. The Kier molecular flexibility index (Phi) is 9.75. The van der Waals surface area contributed by atoms with E-state index in [-0.39, 0.29) is 0 Å².